The maximum Gasteiger partial charge on any atom is 0.248 e. The minimum absolute atomic E-state index is 0.0236. The Balaban J connectivity index is 1.31. The Hall–Kier alpha value is -2.51. The molecule has 3 heterocycles. The third kappa shape index (κ3) is 4.51. The van der Waals surface area contributed by atoms with Gasteiger partial charge in [0, 0.05) is 49.5 Å². The monoisotopic (exact) mass is 524 g/mol. The van der Waals surface area contributed by atoms with Gasteiger partial charge >= 0.3 is 0 Å². The summed E-state index contributed by atoms with van der Waals surface area (Å²) in [5, 5.41) is 3.50. The SMILES string of the molecule is COc1cccc2c1COCC21CNCC1C(=O)N1CCC(c2ccccc2)CC1C1CCC(F)(F)CC1. The smallest absolute Gasteiger partial charge is 0.248 e. The van der Waals surface area contributed by atoms with E-state index >= 15 is 0 Å². The average Bonchev–Trinajstić information content (AvgIpc) is 3.36. The summed E-state index contributed by atoms with van der Waals surface area (Å²) >= 11 is 0. The first-order valence-corrected chi connectivity index (χ1v) is 14.1. The number of nitrogens with one attached hydrogen (secondary N) is 1. The van der Waals surface area contributed by atoms with Crippen molar-refractivity contribution in [1.29, 1.82) is 0 Å². The lowest BCUT2D eigenvalue weighted by Crippen LogP contribution is -2.56. The molecular formula is C31H38F2N2O3. The molecule has 0 bridgehead atoms. The second-order valence-electron chi connectivity index (χ2n) is 11.7. The molecule has 1 amide bonds. The maximum absolute atomic E-state index is 14.5. The second kappa shape index (κ2) is 10.2. The molecule has 1 saturated carbocycles. The molecule has 5 nitrogen and oxygen atoms in total. The second-order valence-corrected chi connectivity index (χ2v) is 11.7. The van der Waals surface area contributed by atoms with Gasteiger partial charge in [-0.15, -0.1) is 0 Å². The molecule has 2 saturated heterocycles. The van der Waals surface area contributed by atoms with Crippen molar-refractivity contribution in [2.75, 3.05) is 33.4 Å². The quantitative estimate of drug-likeness (QED) is 0.591. The van der Waals surface area contributed by atoms with E-state index in [1.165, 1.54) is 5.56 Å². The van der Waals surface area contributed by atoms with E-state index in [2.05, 4.69) is 40.5 Å². The number of hydrogen-bond donors (Lipinski definition) is 1. The molecule has 0 aromatic heterocycles. The number of methoxy groups -OCH3 is 1. The van der Waals surface area contributed by atoms with Crippen molar-refractivity contribution < 1.29 is 23.0 Å². The molecule has 1 spiro atoms. The van der Waals surface area contributed by atoms with E-state index in [1.54, 1.807) is 7.11 Å². The lowest BCUT2D eigenvalue weighted by molar-refractivity contribution is -0.145. The third-order valence-corrected chi connectivity index (χ3v) is 9.75. The van der Waals surface area contributed by atoms with E-state index in [-0.39, 0.29) is 36.6 Å². The van der Waals surface area contributed by atoms with E-state index in [0.29, 0.717) is 51.6 Å². The standard InChI is InChI=1S/C31H38F2N2O3/c1-37-28-9-5-8-25-24(28)18-38-20-30(25)19-34-17-26(30)29(36)35-15-12-23(21-6-3-2-4-7-21)16-27(35)22-10-13-31(32,33)14-11-22/h2-9,22-23,26-27,34H,10-20H2,1H3. The summed E-state index contributed by atoms with van der Waals surface area (Å²) in [7, 11) is 1.67. The number of carbonyl (C=O) groups is 1. The fourth-order valence-electron chi connectivity index (χ4n) is 7.69. The molecule has 4 aliphatic rings. The first-order chi connectivity index (χ1) is 18.4. The van der Waals surface area contributed by atoms with Crippen LogP contribution in [0.15, 0.2) is 48.5 Å². The number of amides is 1. The van der Waals surface area contributed by atoms with Crippen LogP contribution in [0.25, 0.3) is 0 Å². The van der Waals surface area contributed by atoms with Gasteiger partial charge in [0.1, 0.15) is 5.75 Å². The number of alkyl halides is 2. The van der Waals surface area contributed by atoms with Crippen molar-refractivity contribution in [3.8, 4) is 5.75 Å². The van der Waals surface area contributed by atoms with Gasteiger partial charge in [-0.25, -0.2) is 8.78 Å². The highest BCUT2D eigenvalue weighted by molar-refractivity contribution is 5.82. The van der Waals surface area contributed by atoms with E-state index in [9.17, 15) is 13.6 Å². The van der Waals surface area contributed by atoms with Crippen molar-refractivity contribution in [2.45, 2.75) is 68.4 Å². The normalized spacial score (nSPS) is 31.2. The molecule has 2 aromatic carbocycles. The molecule has 1 N–H and O–H groups in total. The number of carbonyl (C=O) groups excluding carboxylic acids is 1. The Morgan fingerprint density at radius 1 is 1.08 bits per heavy atom. The number of nitrogens with zero attached hydrogens (tertiary/aromatic N) is 1. The number of rotatable bonds is 4. The third-order valence-electron chi connectivity index (χ3n) is 9.75. The number of halogens is 2. The van der Waals surface area contributed by atoms with E-state index in [4.69, 9.17) is 9.47 Å². The van der Waals surface area contributed by atoms with Gasteiger partial charge in [-0.1, -0.05) is 42.5 Å². The van der Waals surface area contributed by atoms with E-state index < -0.39 is 11.3 Å². The van der Waals surface area contributed by atoms with Crippen LogP contribution in [0.3, 0.4) is 0 Å². The summed E-state index contributed by atoms with van der Waals surface area (Å²) in [5.41, 5.74) is 2.99. The summed E-state index contributed by atoms with van der Waals surface area (Å²) in [4.78, 5) is 16.6. The van der Waals surface area contributed by atoms with Gasteiger partial charge in [0.25, 0.3) is 0 Å². The zero-order valence-electron chi connectivity index (χ0n) is 22.1. The molecule has 204 valence electrons. The van der Waals surface area contributed by atoms with Crippen LogP contribution in [0.4, 0.5) is 8.78 Å². The zero-order chi connectivity index (χ0) is 26.3. The van der Waals surface area contributed by atoms with Crippen LogP contribution in [-0.2, 0) is 21.6 Å². The number of likely N-dealkylation sites (tertiary alicyclic amines) is 1. The summed E-state index contributed by atoms with van der Waals surface area (Å²) in [6.45, 7) is 2.88. The van der Waals surface area contributed by atoms with E-state index in [1.807, 2.05) is 18.2 Å². The summed E-state index contributed by atoms with van der Waals surface area (Å²) in [6, 6.07) is 16.5. The van der Waals surface area contributed by atoms with Gasteiger partial charge in [-0.2, -0.15) is 0 Å². The molecule has 38 heavy (non-hydrogen) atoms. The highest BCUT2D eigenvalue weighted by atomic mass is 19.3. The van der Waals surface area contributed by atoms with Gasteiger partial charge in [0.05, 0.1) is 26.2 Å². The van der Waals surface area contributed by atoms with Gasteiger partial charge in [-0.05, 0) is 54.7 Å². The van der Waals surface area contributed by atoms with Crippen LogP contribution in [0, 0.1) is 11.8 Å². The van der Waals surface area contributed by atoms with Crippen molar-refractivity contribution in [2.24, 2.45) is 11.8 Å². The Morgan fingerprint density at radius 3 is 2.63 bits per heavy atom. The Morgan fingerprint density at radius 2 is 1.87 bits per heavy atom. The number of piperidine rings is 1. The highest BCUT2D eigenvalue weighted by Crippen LogP contribution is 2.47. The lowest BCUT2D eigenvalue weighted by atomic mass is 9.68. The van der Waals surface area contributed by atoms with Crippen molar-refractivity contribution >= 4 is 5.91 Å². The molecule has 3 fully saturated rings. The molecule has 4 unspecified atom stereocenters. The van der Waals surface area contributed by atoms with Crippen LogP contribution >= 0.6 is 0 Å². The highest BCUT2D eigenvalue weighted by Gasteiger charge is 2.54. The molecule has 7 heteroatoms. The first-order valence-electron chi connectivity index (χ1n) is 14.1. The summed E-state index contributed by atoms with van der Waals surface area (Å²) in [5.74, 6) is -1.47. The van der Waals surface area contributed by atoms with Gasteiger partial charge in [0.2, 0.25) is 11.8 Å². The van der Waals surface area contributed by atoms with Crippen LogP contribution in [-0.4, -0.2) is 56.1 Å². The molecule has 2 aromatic rings. The Bertz CT molecular complexity index is 1150. The fourth-order valence-corrected chi connectivity index (χ4v) is 7.69. The summed E-state index contributed by atoms with van der Waals surface area (Å²) in [6.07, 6.45) is 2.51. The minimum atomic E-state index is -2.58. The van der Waals surface area contributed by atoms with Crippen molar-refractivity contribution in [3.63, 3.8) is 0 Å². The van der Waals surface area contributed by atoms with E-state index in [0.717, 1.165) is 29.7 Å². The molecule has 0 radical (unpaired) electrons. The maximum atomic E-state index is 14.5. The molecule has 6 rings (SSSR count). The molecular weight excluding hydrogens is 486 g/mol. The van der Waals surface area contributed by atoms with Crippen LogP contribution < -0.4 is 10.1 Å². The minimum Gasteiger partial charge on any atom is -0.496 e. The predicted octanol–water partition coefficient (Wildman–Crippen LogP) is 5.28. The van der Waals surface area contributed by atoms with Crippen LogP contribution in [0.5, 0.6) is 5.75 Å². The summed E-state index contributed by atoms with van der Waals surface area (Å²) < 4.78 is 40.0. The molecule has 3 aliphatic heterocycles. The number of ether oxygens (including phenoxy) is 2. The Kier molecular flexibility index (Phi) is 6.93. The lowest BCUT2D eigenvalue weighted by Gasteiger charge is -2.48. The largest absolute Gasteiger partial charge is 0.496 e. The van der Waals surface area contributed by atoms with Gasteiger partial charge in [0.15, 0.2) is 0 Å². The van der Waals surface area contributed by atoms with Crippen molar-refractivity contribution in [3.05, 3.63) is 65.2 Å². The first kappa shape index (κ1) is 25.8. The number of fused-ring (bicyclic) bond motifs is 2. The van der Waals surface area contributed by atoms with Crippen LogP contribution in [0.1, 0.15) is 61.1 Å². The molecule has 4 atom stereocenters. The van der Waals surface area contributed by atoms with Crippen LogP contribution in [0.2, 0.25) is 0 Å². The zero-order valence-corrected chi connectivity index (χ0v) is 22.1. The van der Waals surface area contributed by atoms with Gasteiger partial charge in [-0.3, -0.25) is 4.79 Å². The Labute approximate surface area is 223 Å². The number of benzene rings is 2. The predicted molar refractivity (Wildman–Crippen MR) is 142 cm³/mol. The van der Waals surface area contributed by atoms with Crippen molar-refractivity contribution in [1.82, 2.24) is 10.2 Å². The average molecular weight is 525 g/mol. The molecule has 1 aliphatic carbocycles. The topological polar surface area (TPSA) is 50.8 Å². The van der Waals surface area contributed by atoms with Gasteiger partial charge < -0.3 is 19.7 Å². The number of hydrogen-bond acceptors (Lipinski definition) is 4. The fraction of sp³-hybridized carbons (Fsp3) is 0.581.